The van der Waals surface area contributed by atoms with Gasteiger partial charge in [-0.05, 0) is 47.1 Å². The fourth-order valence-corrected chi connectivity index (χ4v) is 3.17. The third-order valence-corrected chi connectivity index (χ3v) is 4.67. The van der Waals surface area contributed by atoms with Crippen LogP contribution in [0.3, 0.4) is 0 Å². The van der Waals surface area contributed by atoms with Crippen LogP contribution in [-0.2, 0) is 4.74 Å². The lowest BCUT2D eigenvalue weighted by molar-refractivity contribution is 0.0600. The van der Waals surface area contributed by atoms with E-state index in [4.69, 9.17) is 20.8 Å². The Hall–Kier alpha value is -2.04. The molecule has 5 heteroatoms. The van der Waals surface area contributed by atoms with E-state index < -0.39 is 5.97 Å². The Kier molecular flexibility index (Phi) is 4.78. The highest BCUT2D eigenvalue weighted by Crippen LogP contribution is 2.41. The highest BCUT2D eigenvalue weighted by atomic mass is 79.9. The first kappa shape index (κ1) is 16.8. The van der Waals surface area contributed by atoms with Crippen molar-refractivity contribution >= 4 is 33.5 Å². The predicted octanol–water partition coefficient (Wildman–Crippen LogP) is 6.12. The molecular weight excluding hydrogens is 392 g/mol. The molecule has 0 N–H and O–H groups in total. The van der Waals surface area contributed by atoms with Crippen molar-refractivity contribution in [3.63, 3.8) is 0 Å². The number of hydrogen-bond acceptors (Lipinski definition) is 3. The van der Waals surface area contributed by atoms with E-state index in [2.05, 4.69) is 15.9 Å². The zero-order chi connectivity index (χ0) is 17.3. The smallest absolute Gasteiger partial charge is 0.343 e. The van der Waals surface area contributed by atoms with E-state index in [1.165, 1.54) is 7.11 Å². The molecule has 0 amide bonds. The molecule has 0 aliphatic heterocycles. The van der Waals surface area contributed by atoms with Crippen molar-refractivity contribution in [3.8, 4) is 22.6 Å². The van der Waals surface area contributed by atoms with Crippen LogP contribution in [0.1, 0.15) is 15.9 Å². The third-order valence-electron chi connectivity index (χ3n) is 3.66. The normalized spacial score (nSPS) is 10.7. The number of hydrogen-bond donors (Lipinski definition) is 0. The average Bonchev–Trinajstić information content (AvgIpc) is 2.93. The molecule has 0 fully saturated rings. The van der Waals surface area contributed by atoms with Gasteiger partial charge in [0.25, 0.3) is 0 Å². The topological polar surface area (TPSA) is 39.4 Å². The van der Waals surface area contributed by atoms with Crippen LogP contribution >= 0.6 is 27.5 Å². The summed E-state index contributed by atoms with van der Waals surface area (Å²) in [7, 11) is 1.35. The van der Waals surface area contributed by atoms with Gasteiger partial charge < -0.3 is 9.15 Å². The third kappa shape index (κ3) is 3.12. The van der Waals surface area contributed by atoms with Crippen LogP contribution in [0, 0.1) is 6.92 Å². The molecule has 0 saturated carbocycles. The summed E-state index contributed by atoms with van der Waals surface area (Å²) >= 11 is 9.43. The highest BCUT2D eigenvalue weighted by molar-refractivity contribution is 9.10. The van der Waals surface area contributed by atoms with Crippen LogP contribution < -0.4 is 0 Å². The lowest BCUT2D eigenvalue weighted by Gasteiger charge is -2.02. The number of carbonyl (C=O) groups excluding carboxylic acids is 1. The van der Waals surface area contributed by atoms with Gasteiger partial charge >= 0.3 is 5.97 Å². The molecule has 3 nitrogen and oxygen atoms in total. The lowest BCUT2D eigenvalue weighted by Crippen LogP contribution is -2.02. The van der Waals surface area contributed by atoms with Gasteiger partial charge in [-0.3, -0.25) is 0 Å². The first-order chi connectivity index (χ1) is 11.5. The molecular formula is C19H14BrClO3. The Morgan fingerprint density at radius 2 is 1.54 bits per heavy atom. The Labute approximate surface area is 153 Å². The van der Waals surface area contributed by atoms with Crippen molar-refractivity contribution in [2.75, 3.05) is 7.11 Å². The fraction of sp³-hybridized carbons (Fsp3) is 0.105. The number of rotatable bonds is 3. The summed E-state index contributed by atoms with van der Waals surface area (Å²) in [5, 5.41) is 0.633. The minimum absolute atomic E-state index is 0.367. The van der Waals surface area contributed by atoms with Crippen molar-refractivity contribution < 1.29 is 13.9 Å². The van der Waals surface area contributed by atoms with Crippen LogP contribution in [0.15, 0.2) is 57.4 Å². The van der Waals surface area contributed by atoms with E-state index >= 15 is 0 Å². The number of furan rings is 1. The van der Waals surface area contributed by atoms with Gasteiger partial charge in [0.05, 0.1) is 11.6 Å². The van der Waals surface area contributed by atoms with Crippen molar-refractivity contribution in [1.29, 1.82) is 0 Å². The van der Waals surface area contributed by atoms with Crippen molar-refractivity contribution in [2.24, 2.45) is 0 Å². The first-order valence-electron chi connectivity index (χ1n) is 7.25. The Morgan fingerprint density at radius 3 is 2.12 bits per heavy atom. The van der Waals surface area contributed by atoms with E-state index in [0.717, 1.165) is 16.7 Å². The summed E-state index contributed by atoms with van der Waals surface area (Å²) in [5.74, 6) is 0.572. The molecule has 0 unspecified atom stereocenters. The second-order valence-electron chi connectivity index (χ2n) is 5.31. The SMILES string of the molecule is COC(=O)c1c(-c2ccc(C)cc2)oc(-c2ccc(Cl)cc2)c1Br. The van der Waals surface area contributed by atoms with Gasteiger partial charge in [0.1, 0.15) is 11.3 Å². The quantitative estimate of drug-likeness (QED) is 0.492. The number of halogens is 2. The number of benzene rings is 2. The van der Waals surface area contributed by atoms with Crippen LogP contribution in [0.4, 0.5) is 0 Å². The zero-order valence-electron chi connectivity index (χ0n) is 13.1. The molecule has 122 valence electrons. The maximum absolute atomic E-state index is 12.3. The molecule has 2 aromatic carbocycles. The molecule has 0 aliphatic carbocycles. The van der Waals surface area contributed by atoms with E-state index in [1.54, 1.807) is 12.1 Å². The van der Waals surface area contributed by atoms with Gasteiger partial charge in [0.2, 0.25) is 0 Å². The second-order valence-corrected chi connectivity index (χ2v) is 6.54. The molecule has 0 spiro atoms. The molecule has 3 rings (SSSR count). The number of methoxy groups -OCH3 is 1. The fourth-order valence-electron chi connectivity index (χ4n) is 2.39. The first-order valence-corrected chi connectivity index (χ1v) is 8.42. The van der Waals surface area contributed by atoms with E-state index in [1.807, 2.05) is 43.3 Å². The van der Waals surface area contributed by atoms with Gasteiger partial charge in [0, 0.05) is 16.1 Å². The van der Waals surface area contributed by atoms with Crippen LogP contribution in [0.2, 0.25) is 5.02 Å². The molecule has 1 aromatic heterocycles. The van der Waals surface area contributed by atoms with Crippen LogP contribution in [0.25, 0.3) is 22.6 Å². The molecule has 0 radical (unpaired) electrons. The zero-order valence-corrected chi connectivity index (χ0v) is 15.4. The van der Waals surface area contributed by atoms with Gasteiger partial charge in [-0.2, -0.15) is 0 Å². The number of ether oxygens (including phenoxy) is 1. The van der Waals surface area contributed by atoms with Gasteiger partial charge in [0.15, 0.2) is 5.76 Å². The van der Waals surface area contributed by atoms with Gasteiger partial charge in [-0.15, -0.1) is 0 Å². The van der Waals surface area contributed by atoms with Crippen LogP contribution in [-0.4, -0.2) is 13.1 Å². The van der Waals surface area contributed by atoms with Gasteiger partial charge in [-0.25, -0.2) is 4.79 Å². The Morgan fingerprint density at radius 1 is 1.00 bits per heavy atom. The molecule has 0 atom stereocenters. The molecule has 1 heterocycles. The van der Waals surface area contributed by atoms with Crippen molar-refractivity contribution in [1.82, 2.24) is 0 Å². The molecule has 0 saturated heterocycles. The maximum atomic E-state index is 12.3. The second kappa shape index (κ2) is 6.83. The molecule has 3 aromatic rings. The van der Waals surface area contributed by atoms with Crippen LogP contribution in [0.5, 0.6) is 0 Å². The number of esters is 1. The highest BCUT2D eigenvalue weighted by Gasteiger charge is 2.26. The molecule has 0 aliphatic rings. The minimum atomic E-state index is -0.457. The summed E-state index contributed by atoms with van der Waals surface area (Å²) < 4.78 is 11.5. The maximum Gasteiger partial charge on any atom is 0.343 e. The van der Waals surface area contributed by atoms with E-state index in [-0.39, 0.29) is 0 Å². The summed E-state index contributed by atoms with van der Waals surface area (Å²) in [5.41, 5.74) is 3.12. The monoisotopic (exact) mass is 404 g/mol. The van der Waals surface area contributed by atoms with E-state index in [9.17, 15) is 4.79 Å². The predicted molar refractivity (Wildman–Crippen MR) is 98.4 cm³/mol. The average molecular weight is 406 g/mol. The van der Waals surface area contributed by atoms with Crippen molar-refractivity contribution in [2.45, 2.75) is 6.92 Å². The van der Waals surface area contributed by atoms with Gasteiger partial charge in [-0.1, -0.05) is 41.4 Å². The Bertz CT molecular complexity index is 880. The van der Waals surface area contributed by atoms with Crippen molar-refractivity contribution in [3.05, 3.63) is 69.2 Å². The summed E-state index contributed by atoms with van der Waals surface area (Å²) in [6, 6.07) is 15.0. The summed E-state index contributed by atoms with van der Waals surface area (Å²) in [6.07, 6.45) is 0. The number of carbonyl (C=O) groups is 1. The lowest BCUT2D eigenvalue weighted by atomic mass is 10.1. The van der Waals surface area contributed by atoms with E-state index in [0.29, 0.717) is 26.6 Å². The largest absolute Gasteiger partial charge is 0.465 e. The molecule has 0 bridgehead atoms. The number of aryl methyl sites for hydroxylation is 1. The minimum Gasteiger partial charge on any atom is -0.465 e. The summed E-state index contributed by atoms with van der Waals surface area (Å²) in [6.45, 7) is 2.00. The Balaban J connectivity index is 2.20. The summed E-state index contributed by atoms with van der Waals surface area (Å²) in [4.78, 5) is 12.3. The molecule has 24 heavy (non-hydrogen) atoms. The standard InChI is InChI=1S/C19H14BrClO3/c1-11-3-5-12(6-4-11)17-15(19(22)23-2)16(20)18(24-17)13-7-9-14(21)10-8-13/h3-10H,1-2H3.